The van der Waals surface area contributed by atoms with Crippen LogP contribution in [0.4, 0.5) is 0 Å². The molecule has 1 saturated heterocycles. The third-order valence-corrected chi connectivity index (χ3v) is 6.05. The van der Waals surface area contributed by atoms with Crippen LogP contribution in [-0.2, 0) is 21.4 Å². The van der Waals surface area contributed by atoms with Gasteiger partial charge in [-0.15, -0.1) is 0 Å². The van der Waals surface area contributed by atoms with Crippen LogP contribution in [0.1, 0.15) is 68.4 Å². The molecule has 1 aromatic carbocycles. The number of ether oxygens (including phenoxy) is 1. The molecule has 5 heteroatoms. The summed E-state index contributed by atoms with van der Waals surface area (Å²) in [7, 11) is 0. The summed E-state index contributed by atoms with van der Waals surface area (Å²) >= 11 is 0. The lowest BCUT2D eigenvalue weighted by Crippen LogP contribution is -2.49. The number of benzene rings is 1. The highest BCUT2D eigenvalue weighted by Gasteiger charge is 2.43. The van der Waals surface area contributed by atoms with E-state index in [4.69, 9.17) is 9.84 Å². The molecule has 1 amide bonds. The lowest BCUT2D eigenvalue weighted by molar-refractivity contribution is -0.131. The van der Waals surface area contributed by atoms with E-state index in [0.29, 0.717) is 19.3 Å². The highest BCUT2D eigenvalue weighted by atomic mass is 16.5. The molecule has 27 heavy (non-hydrogen) atoms. The first-order valence-corrected chi connectivity index (χ1v) is 10.1. The molecule has 0 saturated carbocycles. The number of nitrogens with zero attached hydrogens (tertiary/aromatic N) is 2. The van der Waals surface area contributed by atoms with Gasteiger partial charge in [-0.3, -0.25) is 9.48 Å². The molecule has 0 bridgehead atoms. The number of aromatic nitrogens is 2. The van der Waals surface area contributed by atoms with Crippen molar-refractivity contribution in [2.24, 2.45) is 0 Å². The Morgan fingerprint density at radius 1 is 1.26 bits per heavy atom. The number of carbonyl (C=O) groups excluding carboxylic acids is 1. The van der Waals surface area contributed by atoms with E-state index in [1.165, 1.54) is 5.56 Å². The molecule has 2 heterocycles. The first kappa shape index (κ1) is 18.2. The van der Waals surface area contributed by atoms with Crippen LogP contribution in [-0.4, -0.2) is 28.9 Å². The van der Waals surface area contributed by atoms with Crippen LogP contribution in [0.15, 0.2) is 36.5 Å². The summed E-state index contributed by atoms with van der Waals surface area (Å²) in [6.45, 7) is 5.53. The monoisotopic (exact) mass is 367 g/mol. The van der Waals surface area contributed by atoms with Gasteiger partial charge in [-0.05, 0) is 57.1 Å². The van der Waals surface area contributed by atoms with Crippen LogP contribution in [0, 0.1) is 0 Å². The molecule has 2 aromatic rings. The van der Waals surface area contributed by atoms with Crippen molar-refractivity contribution in [2.75, 3.05) is 13.2 Å². The van der Waals surface area contributed by atoms with Crippen molar-refractivity contribution in [2.45, 2.75) is 63.5 Å². The van der Waals surface area contributed by atoms with Crippen LogP contribution in [0.25, 0.3) is 0 Å². The van der Waals surface area contributed by atoms with Crippen molar-refractivity contribution in [3.63, 3.8) is 0 Å². The topological polar surface area (TPSA) is 56.2 Å². The Labute approximate surface area is 161 Å². The lowest BCUT2D eigenvalue weighted by Gasteiger charge is -2.37. The Morgan fingerprint density at radius 3 is 2.70 bits per heavy atom. The maximum atomic E-state index is 13.5. The van der Waals surface area contributed by atoms with E-state index in [0.717, 1.165) is 43.4 Å². The molecule has 1 aliphatic heterocycles. The second kappa shape index (κ2) is 7.47. The van der Waals surface area contributed by atoms with Crippen LogP contribution >= 0.6 is 0 Å². The smallest absolute Gasteiger partial charge is 0.231 e. The third-order valence-electron chi connectivity index (χ3n) is 6.05. The first-order valence-electron chi connectivity index (χ1n) is 10.1. The maximum absolute atomic E-state index is 13.5. The standard InChI is InChI=1S/C22H29N3O2/c1-16(2)25-15-17-7-6-10-19(20(17)24-25)23-21(26)22(11-13-27-14-12-22)18-8-4-3-5-9-18/h3-5,8-9,15-16,19H,6-7,10-14H2,1-2H3,(H,23,26)/t19-/m0/s1. The van der Waals surface area contributed by atoms with Crippen molar-refractivity contribution in [1.82, 2.24) is 15.1 Å². The van der Waals surface area contributed by atoms with Crippen molar-refractivity contribution < 1.29 is 9.53 Å². The van der Waals surface area contributed by atoms with E-state index in [2.05, 4.69) is 37.5 Å². The molecule has 2 aliphatic rings. The molecule has 1 aromatic heterocycles. The molecular weight excluding hydrogens is 338 g/mol. The normalized spacial score (nSPS) is 21.7. The number of aryl methyl sites for hydroxylation is 1. The van der Waals surface area contributed by atoms with Gasteiger partial charge in [0.15, 0.2) is 0 Å². The SMILES string of the molecule is CC(C)n1cc2c(n1)[C@@H](NC(=O)C1(c3ccccc3)CCOCC1)CCC2. The zero-order valence-corrected chi connectivity index (χ0v) is 16.3. The molecule has 5 nitrogen and oxygen atoms in total. The largest absolute Gasteiger partial charge is 0.381 e. The van der Waals surface area contributed by atoms with Gasteiger partial charge in [-0.1, -0.05) is 30.3 Å². The number of amides is 1. The van der Waals surface area contributed by atoms with E-state index < -0.39 is 5.41 Å². The van der Waals surface area contributed by atoms with Crippen molar-refractivity contribution in [3.8, 4) is 0 Å². The van der Waals surface area contributed by atoms with Gasteiger partial charge in [0, 0.05) is 25.5 Å². The summed E-state index contributed by atoms with van der Waals surface area (Å²) in [6, 6.07) is 10.5. The Kier molecular flexibility index (Phi) is 5.04. The van der Waals surface area contributed by atoms with E-state index in [9.17, 15) is 4.79 Å². The molecule has 4 rings (SSSR count). The molecule has 0 unspecified atom stereocenters. The third kappa shape index (κ3) is 3.41. The van der Waals surface area contributed by atoms with Crippen LogP contribution in [0.2, 0.25) is 0 Å². The molecule has 1 fully saturated rings. The van der Waals surface area contributed by atoms with Gasteiger partial charge in [-0.2, -0.15) is 5.10 Å². The second-order valence-corrected chi connectivity index (χ2v) is 8.09. The number of carbonyl (C=O) groups is 1. The number of hydrogen-bond donors (Lipinski definition) is 1. The van der Waals surface area contributed by atoms with E-state index in [1.807, 2.05) is 22.9 Å². The fourth-order valence-electron chi connectivity index (χ4n) is 4.39. The van der Waals surface area contributed by atoms with Gasteiger partial charge >= 0.3 is 0 Å². The van der Waals surface area contributed by atoms with Gasteiger partial charge in [0.05, 0.1) is 17.2 Å². The summed E-state index contributed by atoms with van der Waals surface area (Å²) in [6.07, 6.45) is 6.69. The first-order chi connectivity index (χ1) is 13.1. The molecular formula is C22H29N3O2. The zero-order chi connectivity index (χ0) is 18.9. The summed E-state index contributed by atoms with van der Waals surface area (Å²) in [4.78, 5) is 13.5. The fraction of sp³-hybridized carbons (Fsp3) is 0.545. The van der Waals surface area contributed by atoms with Crippen molar-refractivity contribution in [3.05, 3.63) is 53.3 Å². The Morgan fingerprint density at radius 2 is 2.00 bits per heavy atom. The predicted octanol–water partition coefficient (Wildman–Crippen LogP) is 3.71. The van der Waals surface area contributed by atoms with Gasteiger partial charge in [0.1, 0.15) is 0 Å². The Bertz CT molecular complexity index is 791. The predicted molar refractivity (Wildman–Crippen MR) is 105 cm³/mol. The highest BCUT2D eigenvalue weighted by Crippen LogP contribution is 2.37. The molecule has 144 valence electrons. The summed E-state index contributed by atoms with van der Waals surface area (Å²) in [5.41, 5.74) is 2.92. The number of fused-ring (bicyclic) bond motifs is 1. The van der Waals surface area contributed by atoms with E-state index in [-0.39, 0.29) is 11.9 Å². The minimum absolute atomic E-state index is 0.00434. The average Bonchev–Trinajstić information content (AvgIpc) is 3.15. The fourth-order valence-corrected chi connectivity index (χ4v) is 4.39. The minimum Gasteiger partial charge on any atom is -0.381 e. The number of hydrogen-bond acceptors (Lipinski definition) is 3. The van der Waals surface area contributed by atoms with Crippen LogP contribution < -0.4 is 5.32 Å². The zero-order valence-electron chi connectivity index (χ0n) is 16.3. The van der Waals surface area contributed by atoms with Gasteiger partial charge < -0.3 is 10.1 Å². The van der Waals surface area contributed by atoms with Crippen molar-refractivity contribution >= 4 is 5.91 Å². The Balaban J connectivity index is 1.61. The van der Waals surface area contributed by atoms with E-state index in [1.54, 1.807) is 0 Å². The van der Waals surface area contributed by atoms with Crippen molar-refractivity contribution in [1.29, 1.82) is 0 Å². The number of nitrogens with one attached hydrogen (secondary N) is 1. The van der Waals surface area contributed by atoms with Crippen LogP contribution in [0.5, 0.6) is 0 Å². The average molecular weight is 367 g/mol. The minimum atomic E-state index is -0.502. The highest BCUT2D eigenvalue weighted by molar-refractivity contribution is 5.88. The van der Waals surface area contributed by atoms with Crippen LogP contribution in [0.3, 0.4) is 0 Å². The summed E-state index contributed by atoms with van der Waals surface area (Å²) in [5.74, 6) is 0.119. The maximum Gasteiger partial charge on any atom is 0.231 e. The quantitative estimate of drug-likeness (QED) is 0.896. The van der Waals surface area contributed by atoms with Gasteiger partial charge in [-0.25, -0.2) is 0 Å². The number of rotatable bonds is 4. The summed E-state index contributed by atoms with van der Waals surface area (Å²) in [5, 5.41) is 8.17. The Hall–Kier alpha value is -2.14. The molecule has 0 spiro atoms. The summed E-state index contributed by atoms with van der Waals surface area (Å²) < 4.78 is 7.60. The molecule has 1 atom stereocenters. The molecule has 1 aliphatic carbocycles. The van der Waals surface area contributed by atoms with Gasteiger partial charge in [0.2, 0.25) is 5.91 Å². The second-order valence-electron chi connectivity index (χ2n) is 8.09. The van der Waals surface area contributed by atoms with E-state index >= 15 is 0 Å². The lowest BCUT2D eigenvalue weighted by atomic mass is 9.73. The molecule has 1 N–H and O–H groups in total. The molecule has 0 radical (unpaired) electrons. The van der Waals surface area contributed by atoms with Gasteiger partial charge in [0.25, 0.3) is 0 Å².